The summed E-state index contributed by atoms with van der Waals surface area (Å²) in [5, 5.41) is 7.46. The Morgan fingerprint density at radius 1 is 1.10 bits per heavy atom. The highest BCUT2D eigenvalue weighted by Crippen LogP contribution is 2.35. The molecule has 0 atom stereocenters. The first kappa shape index (κ1) is 22.0. The van der Waals surface area contributed by atoms with Gasteiger partial charge in [-0.25, -0.2) is 8.42 Å². The summed E-state index contributed by atoms with van der Waals surface area (Å²) < 4.78 is 27.4. The molecule has 7 nitrogen and oxygen atoms in total. The van der Waals surface area contributed by atoms with Crippen LogP contribution in [0.5, 0.6) is 0 Å². The van der Waals surface area contributed by atoms with E-state index in [4.69, 9.17) is 34.8 Å². The number of aromatic nitrogens is 2. The molecule has 0 spiro atoms. The molecule has 162 valence electrons. The van der Waals surface area contributed by atoms with Crippen molar-refractivity contribution < 1.29 is 13.2 Å². The molecular formula is C20H17Cl3N4O3S. The maximum absolute atomic E-state index is 13.0. The second kappa shape index (κ2) is 8.35. The number of aryl methyl sites for hydroxylation is 1. The Labute approximate surface area is 194 Å². The number of hydrogen-bond acceptors (Lipinski definition) is 4. The topological polar surface area (TPSA) is 84.3 Å². The van der Waals surface area contributed by atoms with Crippen LogP contribution in [0.15, 0.2) is 42.7 Å². The van der Waals surface area contributed by atoms with Crippen molar-refractivity contribution in [2.24, 2.45) is 7.05 Å². The first-order valence-corrected chi connectivity index (χ1v) is 12.0. The summed E-state index contributed by atoms with van der Waals surface area (Å²) >= 11 is 18.7. The third-order valence-electron chi connectivity index (χ3n) is 4.84. The molecule has 0 radical (unpaired) electrons. The van der Waals surface area contributed by atoms with E-state index in [1.165, 1.54) is 16.4 Å². The summed E-state index contributed by atoms with van der Waals surface area (Å²) in [6.07, 6.45) is 4.02. The summed E-state index contributed by atoms with van der Waals surface area (Å²) in [7, 11) is -1.63. The van der Waals surface area contributed by atoms with Gasteiger partial charge in [-0.05, 0) is 42.3 Å². The van der Waals surface area contributed by atoms with Crippen molar-refractivity contribution in [2.45, 2.75) is 6.42 Å². The Morgan fingerprint density at radius 2 is 1.87 bits per heavy atom. The van der Waals surface area contributed by atoms with Gasteiger partial charge in [-0.15, -0.1) is 0 Å². The zero-order valence-corrected chi connectivity index (χ0v) is 19.4. The van der Waals surface area contributed by atoms with Crippen molar-refractivity contribution in [1.82, 2.24) is 9.78 Å². The fourth-order valence-corrected chi connectivity index (χ4v) is 5.60. The lowest BCUT2D eigenvalue weighted by atomic mass is 10.1. The first-order chi connectivity index (χ1) is 14.6. The summed E-state index contributed by atoms with van der Waals surface area (Å²) in [6, 6.07) is 7.99. The molecule has 1 N–H and O–H groups in total. The van der Waals surface area contributed by atoms with Gasteiger partial charge in [0, 0.05) is 36.1 Å². The number of hydrogen-bond donors (Lipinski definition) is 1. The van der Waals surface area contributed by atoms with Crippen LogP contribution in [0.2, 0.25) is 15.1 Å². The number of anilines is 2. The third kappa shape index (κ3) is 4.52. The molecule has 1 amide bonds. The fourth-order valence-electron chi connectivity index (χ4n) is 3.41. The summed E-state index contributed by atoms with van der Waals surface area (Å²) in [4.78, 5) is 13.0. The van der Waals surface area contributed by atoms with Crippen LogP contribution in [0.3, 0.4) is 0 Å². The molecule has 1 fully saturated rings. The van der Waals surface area contributed by atoms with E-state index in [2.05, 4.69) is 10.4 Å². The molecule has 0 aliphatic carbocycles. The lowest BCUT2D eigenvalue weighted by molar-refractivity contribution is 0.102. The predicted octanol–water partition coefficient (Wildman–Crippen LogP) is 4.84. The zero-order valence-electron chi connectivity index (χ0n) is 16.3. The molecule has 0 unspecified atom stereocenters. The van der Waals surface area contributed by atoms with Crippen molar-refractivity contribution in [2.75, 3.05) is 21.9 Å². The first-order valence-electron chi connectivity index (χ1n) is 9.24. The van der Waals surface area contributed by atoms with Crippen LogP contribution in [0.25, 0.3) is 11.1 Å². The number of carbonyl (C=O) groups is 1. The molecule has 2 heterocycles. The number of amides is 1. The number of nitrogens with zero attached hydrogens (tertiary/aromatic N) is 3. The van der Waals surface area contributed by atoms with Gasteiger partial charge in [-0.2, -0.15) is 5.10 Å². The van der Waals surface area contributed by atoms with Crippen molar-refractivity contribution in [1.29, 1.82) is 0 Å². The molecule has 1 aliphatic heterocycles. The summed E-state index contributed by atoms with van der Waals surface area (Å²) in [6.45, 7) is 0.324. The van der Waals surface area contributed by atoms with E-state index in [0.29, 0.717) is 29.4 Å². The Hall–Kier alpha value is -2.26. The van der Waals surface area contributed by atoms with E-state index >= 15 is 0 Å². The minimum atomic E-state index is -3.44. The quantitative estimate of drug-likeness (QED) is 0.557. The largest absolute Gasteiger partial charge is 0.322 e. The van der Waals surface area contributed by atoms with Gasteiger partial charge in [0.1, 0.15) is 0 Å². The molecule has 1 aromatic heterocycles. The normalized spacial score (nSPS) is 15.3. The smallest absolute Gasteiger partial charge is 0.257 e. The molecule has 4 rings (SSSR count). The lowest BCUT2D eigenvalue weighted by Crippen LogP contribution is -2.25. The second-order valence-corrected chi connectivity index (χ2v) is 10.4. The molecule has 0 bridgehead atoms. The van der Waals surface area contributed by atoms with E-state index in [0.717, 1.165) is 11.1 Å². The molecule has 31 heavy (non-hydrogen) atoms. The Morgan fingerprint density at radius 3 is 2.52 bits per heavy atom. The maximum Gasteiger partial charge on any atom is 0.257 e. The van der Waals surface area contributed by atoms with E-state index in [1.54, 1.807) is 36.1 Å². The molecule has 1 aliphatic rings. The van der Waals surface area contributed by atoms with E-state index in [-0.39, 0.29) is 21.4 Å². The predicted molar refractivity (Wildman–Crippen MR) is 124 cm³/mol. The average molecular weight is 500 g/mol. The monoisotopic (exact) mass is 498 g/mol. The van der Waals surface area contributed by atoms with Crippen molar-refractivity contribution in [3.05, 3.63) is 63.4 Å². The molecule has 3 aromatic rings. The maximum atomic E-state index is 13.0. The Kier molecular flexibility index (Phi) is 5.91. The van der Waals surface area contributed by atoms with Gasteiger partial charge in [0.25, 0.3) is 5.91 Å². The lowest BCUT2D eigenvalue weighted by Gasteiger charge is -2.19. The highest BCUT2D eigenvalue weighted by atomic mass is 35.5. The summed E-state index contributed by atoms with van der Waals surface area (Å²) in [5.41, 5.74) is 2.43. The number of sulfonamides is 1. The van der Waals surface area contributed by atoms with Crippen LogP contribution in [-0.2, 0) is 17.1 Å². The number of carbonyl (C=O) groups excluding carboxylic acids is 1. The third-order valence-corrected chi connectivity index (χ3v) is 7.73. The van der Waals surface area contributed by atoms with Gasteiger partial charge >= 0.3 is 0 Å². The van der Waals surface area contributed by atoms with E-state index in [1.807, 2.05) is 6.20 Å². The fraction of sp³-hybridized carbons (Fsp3) is 0.200. The Bertz CT molecular complexity index is 1290. The minimum absolute atomic E-state index is 0.0361. The van der Waals surface area contributed by atoms with Crippen LogP contribution in [-0.4, -0.2) is 36.4 Å². The zero-order chi connectivity index (χ0) is 22.3. The van der Waals surface area contributed by atoms with Crippen LogP contribution in [0, 0.1) is 0 Å². The van der Waals surface area contributed by atoms with Crippen LogP contribution in [0.1, 0.15) is 16.8 Å². The van der Waals surface area contributed by atoms with Gasteiger partial charge in [0.2, 0.25) is 10.0 Å². The van der Waals surface area contributed by atoms with Gasteiger partial charge in [0.05, 0.1) is 33.2 Å². The SMILES string of the molecule is Cn1cc(-c2cc(Cl)cc(NC(=O)c3cc(N4CCCS4(=O)=O)cc(Cl)c3Cl)c2)cn1. The number of nitrogens with one attached hydrogen (secondary N) is 1. The van der Waals surface area contributed by atoms with Crippen LogP contribution in [0.4, 0.5) is 11.4 Å². The van der Waals surface area contributed by atoms with Crippen molar-refractivity contribution >= 4 is 62.1 Å². The average Bonchev–Trinajstić information content (AvgIpc) is 3.28. The molecule has 2 aromatic carbocycles. The minimum Gasteiger partial charge on any atom is -0.322 e. The summed E-state index contributed by atoms with van der Waals surface area (Å²) in [5.74, 6) is -0.487. The molecule has 0 saturated carbocycles. The second-order valence-electron chi connectivity index (χ2n) is 7.12. The van der Waals surface area contributed by atoms with Gasteiger partial charge < -0.3 is 5.32 Å². The van der Waals surface area contributed by atoms with Crippen molar-refractivity contribution in [3.8, 4) is 11.1 Å². The Balaban J connectivity index is 1.67. The highest BCUT2D eigenvalue weighted by molar-refractivity contribution is 7.93. The standard InChI is InChI=1S/C20H17Cl3N4O3S/c1-26-11-13(10-24-26)12-5-14(21)7-15(6-12)25-20(28)17-8-16(9-18(22)19(17)23)27-3-2-4-31(27,29)30/h5-11H,2-4H2,1H3,(H,25,28). The van der Waals surface area contributed by atoms with E-state index < -0.39 is 15.9 Å². The van der Waals surface area contributed by atoms with Crippen molar-refractivity contribution in [3.63, 3.8) is 0 Å². The molecule has 11 heteroatoms. The van der Waals surface area contributed by atoms with Gasteiger partial charge in [-0.3, -0.25) is 13.8 Å². The van der Waals surface area contributed by atoms with Crippen LogP contribution >= 0.6 is 34.8 Å². The van der Waals surface area contributed by atoms with Gasteiger partial charge in [-0.1, -0.05) is 34.8 Å². The molecular weight excluding hydrogens is 483 g/mol. The number of halogens is 3. The van der Waals surface area contributed by atoms with Gasteiger partial charge in [0.15, 0.2) is 0 Å². The van der Waals surface area contributed by atoms with Crippen LogP contribution < -0.4 is 9.62 Å². The highest BCUT2D eigenvalue weighted by Gasteiger charge is 2.30. The van der Waals surface area contributed by atoms with E-state index in [9.17, 15) is 13.2 Å². The number of rotatable bonds is 4. The number of benzene rings is 2. The molecule has 1 saturated heterocycles.